The van der Waals surface area contributed by atoms with Crippen molar-refractivity contribution < 1.29 is 23.0 Å². The quantitative estimate of drug-likeness (QED) is 0.427. The largest absolute Gasteiger partial charge is 0.493 e. The molecule has 4 aromatic rings. The first kappa shape index (κ1) is 21.4. The molecule has 0 spiro atoms. The van der Waals surface area contributed by atoms with Crippen LogP contribution in [-0.4, -0.2) is 31.7 Å². The number of fused-ring (bicyclic) bond motifs is 1. The number of halogens is 2. The summed E-state index contributed by atoms with van der Waals surface area (Å²) in [4.78, 5) is 15.9. The highest BCUT2D eigenvalue weighted by Crippen LogP contribution is 2.40. The van der Waals surface area contributed by atoms with Crippen LogP contribution in [0.5, 0.6) is 11.5 Å². The Balaban J connectivity index is 1.75. The predicted molar refractivity (Wildman–Crippen MR) is 118 cm³/mol. The summed E-state index contributed by atoms with van der Waals surface area (Å²) in [6, 6.07) is 16.1. The zero-order chi connectivity index (χ0) is 22.7. The summed E-state index contributed by atoms with van der Waals surface area (Å²) in [5.41, 5.74) is 2.31. The molecule has 0 saturated carbocycles. The van der Waals surface area contributed by atoms with Crippen LogP contribution in [0.3, 0.4) is 0 Å². The predicted octanol–water partition coefficient (Wildman–Crippen LogP) is 5.03. The average Bonchev–Trinajstić information content (AvgIpc) is 3.24. The van der Waals surface area contributed by atoms with Crippen LogP contribution in [0, 0.1) is 11.6 Å². The summed E-state index contributed by atoms with van der Waals surface area (Å²) in [6.07, 6.45) is 1.88. The number of ether oxygens (including phenoxy) is 2. The number of amides is 1. The van der Waals surface area contributed by atoms with E-state index in [9.17, 15) is 13.6 Å². The topological polar surface area (TPSA) is 63.3 Å². The molecule has 4 rings (SSSR count). The van der Waals surface area contributed by atoms with Gasteiger partial charge in [0.05, 0.1) is 19.8 Å². The zero-order valence-electron chi connectivity index (χ0n) is 17.6. The molecule has 1 amide bonds. The van der Waals surface area contributed by atoms with Crippen molar-refractivity contribution in [2.24, 2.45) is 0 Å². The number of para-hydroxylation sites is 2. The molecular weight excluding hydrogens is 414 g/mol. The lowest BCUT2D eigenvalue weighted by Gasteiger charge is -2.22. The molecule has 7 heteroatoms. The number of benzene rings is 3. The van der Waals surface area contributed by atoms with Crippen molar-refractivity contribution in [2.75, 3.05) is 20.8 Å². The first-order valence-electron chi connectivity index (χ1n) is 10.0. The minimum atomic E-state index is -0.786. The maximum atomic E-state index is 14.1. The van der Waals surface area contributed by atoms with Gasteiger partial charge in [0.2, 0.25) is 0 Å². The van der Waals surface area contributed by atoms with E-state index in [4.69, 9.17) is 9.47 Å². The van der Waals surface area contributed by atoms with E-state index in [0.717, 1.165) is 40.2 Å². The minimum absolute atomic E-state index is 0.125. The molecule has 5 nitrogen and oxygen atoms in total. The summed E-state index contributed by atoms with van der Waals surface area (Å²) in [5.74, 6) is -1.43. The Hall–Kier alpha value is -3.87. The van der Waals surface area contributed by atoms with Crippen LogP contribution >= 0.6 is 0 Å². The third kappa shape index (κ3) is 4.01. The Morgan fingerprint density at radius 3 is 2.59 bits per heavy atom. The van der Waals surface area contributed by atoms with Crippen LogP contribution in [0.25, 0.3) is 10.9 Å². The van der Waals surface area contributed by atoms with Crippen molar-refractivity contribution in [1.82, 2.24) is 10.3 Å². The van der Waals surface area contributed by atoms with Gasteiger partial charge in [0.1, 0.15) is 11.6 Å². The van der Waals surface area contributed by atoms with Gasteiger partial charge in [-0.2, -0.15) is 0 Å². The molecule has 0 radical (unpaired) electrons. The highest BCUT2D eigenvalue weighted by molar-refractivity contribution is 5.94. The second kappa shape index (κ2) is 9.09. The zero-order valence-corrected chi connectivity index (χ0v) is 17.6. The van der Waals surface area contributed by atoms with Gasteiger partial charge in [-0.15, -0.1) is 0 Å². The number of carbonyl (C=O) groups is 1. The van der Waals surface area contributed by atoms with Crippen molar-refractivity contribution in [1.29, 1.82) is 0 Å². The fraction of sp³-hybridized carbons (Fsp3) is 0.160. The van der Waals surface area contributed by atoms with Crippen LogP contribution in [0.15, 0.2) is 66.9 Å². The third-order valence-electron chi connectivity index (χ3n) is 5.45. The molecule has 0 aliphatic carbocycles. The molecule has 1 atom stereocenters. The lowest BCUT2D eigenvalue weighted by molar-refractivity contribution is 0.0948. The molecule has 0 aliphatic heterocycles. The molecule has 0 bridgehead atoms. The summed E-state index contributed by atoms with van der Waals surface area (Å²) >= 11 is 0. The Morgan fingerprint density at radius 2 is 1.81 bits per heavy atom. The molecule has 3 aromatic carbocycles. The van der Waals surface area contributed by atoms with E-state index in [0.29, 0.717) is 11.5 Å². The second-order valence-corrected chi connectivity index (χ2v) is 7.26. The van der Waals surface area contributed by atoms with Crippen molar-refractivity contribution in [2.45, 2.75) is 5.92 Å². The van der Waals surface area contributed by atoms with E-state index >= 15 is 0 Å². The average molecular weight is 436 g/mol. The molecule has 0 fully saturated rings. The van der Waals surface area contributed by atoms with Crippen molar-refractivity contribution in [3.05, 3.63) is 95.2 Å². The highest BCUT2D eigenvalue weighted by Gasteiger charge is 2.25. The number of methoxy groups -OCH3 is 2. The van der Waals surface area contributed by atoms with Gasteiger partial charge in [-0.05, 0) is 35.9 Å². The summed E-state index contributed by atoms with van der Waals surface area (Å²) in [6.45, 7) is 0.125. The van der Waals surface area contributed by atoms with Gasteiger partial charge in [-0.25, -0.2) is 8.78 Å². The Morgan fingerprint density at radius 1 is 1.00 bits per heavy atom. The van der Waals surface area contributed by atoms with Gasteiger partial charge < -0.3 is 19.8 Å². The van der Waals surface area contributed by atoms with E-state index in [1.165, 1.54) is 0 Å². The molecule has 0 saturated heterocycles. The molecule has 1 aromatic heterocycles. The molecule has 32 heavy (non-hydrogen) atoms. The Kier molecular flexibility index (Phi) is 6.07. The van der Waals surface area contributed by atoms with E-state index in [2.05, 4.69) is 10.3 Å². The lowest BCUT2D eigenvalue weighted by atomic mass is 9.89. The number of rotatable bonds is 7. The maximum absolute atomic E-state index is 14.1. The number of hydrogen-bond acceptors (Lipinski definition) is 3. The molecule has 1 heterocycles. The van der Waals surface area contributed by atoms with E-state index in [-0.39, 0.29) is 18.0 Å². The standard InChI is InChI=1S/C25H22F2N2O3/c1-31-23-9-5-7-17(24(23)32-2)20(19-13-28-22-8-4-3-6-16(19)22)14-29-25(30)18-12-15(26)10-11-21(18)27/h3-13,20,28H,14H2,1-2H3,(H,29,30)/t20-/m1/s1. The van der Waals surface area contributed by atoms with Gasteiger partial charge in [-0.1, -0.05) is 30.3 Å². The van der Waals surface area contributed by atoms with Crippen LogP contribution in [-0.2, 0) is 0 Å². The molecule has 0 unspecified atom stereocenters. The summed E-state index contributed by atoms with van der Waals surface area (Å²) < 4.78 is 38.7. The first-order chi connectivity index (χ1) is 15.5. The van der Waals surface area contributed by atoms with Crippen LogP contribution in [0.4, 0.5) is 8.78 Å². The number of nitrogens with one attached hydrogen (secondary N) is 2. The lowest BCUT2D eigenvalue weighted by Crippen LogP contribution is -2.30. The fourth-order valence-corrected chi connectivity index (χ4v) is 3.92. The van der Waals surface area contributed by atoms with E-state index < -0.39 is 17.5 Å². The smallest absolute Gasteiger partial charge is 0.254 e. The second-order valence-electron chi connectivity index (χ2n) is 7.26. The monoisotopic (exact) mass is 436 g/mol. The number of aromatic nitrogens is 1. The maximum Gasteiger partial charge on any atom is 0.254 e. The SMILES string of the molecule is COc1cccc([C@@H](CNC(=O)c2cc(F)ccc2F)c2c[nH]c3ccccc23)c1OC. The number of carbonyl (C=O) groups excluding carboxylic acids is 1. The molecule has 0 aliphatic rings. The van der Waals surface area contributed by atoms with Crippen molar-refractivity contribution >= 4 is 16.8 Å². The molecule has 164 valence electrons. The Bertz CT molecular complexity index is 1270. The van der Waals surface area contributed by atoms with Gasteiger partial charge in [0.25, 0.3) is 5.91 Å². The number of hydrogen-bond donors (Lipinski definition) is 2. The third-order valence-corrected chi connectivity index (χ3v) is 5.45. The number of H-pyrrole nitrogens is 1. The molecule has 2 N–H and O–H groups in total. The fourth-order valence-electron chi connectivity index (χ4n) is 3.92. The summed E-state index contributed by atoms with van der Waals surface area (Å²) in [5, 5.41) is 3.73. The van der Waals surface area contributed by atoms with Gasteiger partial charge in [0.15, 0.2) is 11.5 Å². The van der Waals surface area contributed by atoms with Crippen molar-refractivity contribution in [3.63, 3.8) is 0 Å². The van der Waals surface area contributed by atoms with Crippen molar-refractivity contribution in [3.8, 4) is 11.5 Å². The highest BCUT2D eigenvalue weighted by atomic mass is 19.1. The van der Waals surface area contributed by atoms with Gasteiger partial charge >= 0.3 is 0 Å². The number of aromatic amines is 1. The van der Waals surface area contributed by atoms with Crippen LogP contribution in [0.2, 0.25) is 0 Å². The van der Waals surface area contributed by atoms with Gasteiger partial charge in [0, 0.05) is 35.1 Å². The first-order valence-corrected chi connectivity index (χ1v) is 10.0. The normalized spacial score (nSPS) is 11.9. The van der Waals surface area contributed by atoms with Gasteiger partial charge in [-0.3, -0.25) is 4.79 Å². The minimum Gasteiger partial charge on any atom is -0.493 e. The Labute approximate surface area is 184 Å². The van der Waals surface area contributed by atoms with Crippen LogP contribution < -0.4 is 14.8 Å². The van der Waals surface area contributed by atoms with E-state index in [1.807, 2.05) is 42.6 Å². The van der Waals surface area contributed by atoms with Crippen LogP contribution in [0.1, 0.15) is 27.4 Å². The molecular formula is C25H22F2N2O3. The van der Waals surface area contributed by atoms with E-state index in [1.54, 1.807) is 20.3 Å². The summed E-state index contributed by atoms with van der Waals surface area (Å²) in [7, 11) is 3.10.